The fourth-order valence-corrected chi connectivity index (χ4v) is 7.39. The van der Waals surface area contributed by atoms with Crippen molar-refractivity contribution in [2.75, 3.05) is 10.6 Å². The normalized spacial score (nSPS) is 16.0. The maximum Gasteiger partial charge on any atom is 0.0464 e. The zero-order valence-electron chi connectivity index (χ0n) is 26.9. The lowest BCUT2D eigenvalue weighted by Crippen LogP contribution is -2.15. The molecule has 0 aromatic heterocycles. The van der Waals surface area contributed by atoms with E-state index in [1.807, 2.05) is 0 Å². The summed E-state index contributed by atoms with van der Waals surface area (Å²) < 4.78 is 0. The Morgan fingerprint density at radius 2 is 1.17 bits per heavy atom. The molecule has 0 fully saturated rings. The lowest BCUT2D eigenvalue weighted by molar-refractivity contribution is 0.660. The third-order valence-electron chi connectivity index (χ3n) is 9.79. The van der Waals surface area contributed by atoms with E-state index in [1.54, 1.807) is 0 Å². The van der Waals surface area contributed by atoms with Crippen LogP contribution < -0.4 is 10.6 Å². The van der Waals surface area contributed by atoms with Gasteiger partial charge in [-0.3, -0.25) is 0 Å². The second-order valence-corrected chi connectivity index (χ2v) is 13.1. The van der Waals surface area contributed by atoms with E-state index in [9.17, 15) is 0 Å². The lowest BCUT2D eigenvalue weighted by atomic mass is 9.80. The number of para-hydroxylation sites is 2. The molecule has 2 N–H and O–H groups in total. The van der Waals surface area contributed by atoms with E-state index in [0.717, 1.165) is 29.2 Å². The maximum atomic E-state index is 3.79. The topological polar surface area (TPSA) is 24.1 Å². The quantitative estimate of drug-likeness (QED) is 0.189. The molecule has 47 heavy (non-hydrogen) atoms. The van der Waals surface area contributed by atoms with Crippen LogP contribution in [0.1, 0.15) is 48.4 Å². The van der Waals surface area contributed by atoms with Gasteiger partial charge in [-0.15, -0.1) is 0 Å². The van der Waals surface area contributed by atoms with Crippen LogP contribution in [0.2, 0.25) is 0 Å². The molecule has 2 nitrogen and oxygen atoms in total. The van der Waals surface area contributed by atoms with Crippen molar-refractivity contribution in [3.05, 3.63) is 192 Å². The Labute approximate surface area is 278 Å². The smallest absolute Gasteiger partial charge is 0.0464 e. The second-order valence-electron chi connectivity index (χ2n) is 13.1. The Morgan fingerprint density at radius 3 is 1.91 bits per heavy atom. The van der Waals surface area contributed by atoms with Crippen molar-refractivity contribution in [1.29, 1.82) is 0 Å². The summed E-state index contributed by atoms with van der Waals surface area (Å²) in [5.74, 6) is 0.222. The average Bonchev–Trinajstić information content (AvgIpc) is 3.36. The van der Waals surface area contributed by atoms with Crippen LogP contribution in [0.4, 0.5) is 17.1 Å². The van der Waals surface area contributed by atoms with E-state index < -0.39 is 0 Å². The van der Waals surface area contributed by atoms with Gasteiger partial charge >= 0.3 is 0 Å². The van der Waals surface area contributed by atoms with Gasteiger partial charge in [-0.2, -0.15) is 0 Å². The number of rotatable bonds is 7. The van der Waals surface area contributed by atoms with Crippen LogP contribution in [0, 0.1) is 0 Å². The Morgan fingerprint density at radius 1 is 0.553 bits per heavy atom. The van der Waals surface area contributed by atoms with Gasteiger partial charge in [0.2, 0.25) is 0 Å². The molecule has 2 aliphatic rings. The Balaban J connectivity index is 1.26. The SMILES string of the molecule is CC1(C)c2ccccc2-c2c(C3=CC(c4ccc(Nc5ccccc5)c(-c5ccccc5)c4)CC=C3Nc3ccccc3)cccc21. The van der Waals surface area contributed by atoms with Crippen LogP contribution in [0.3, 0.4) is 0 Å². The van der Waals surface area contributed by atoms with E-state index in [0.29, 0.717) is 0 Å². The molecule has 1 atom stereocenters. The van der Waals surface area contributed by atoms with E-state index in [2.05, 4.69) is 188 Å². The lowest BCUT2D eigenvalue weighted by Gasteiger charge is -2.27. The maximum absolute atomic E-state index is 3.79. The minimum absolute atomic E-state index is 0.0561. The summed E-state index contributed by atoms with van der Waals surface area (Å²) in [5, 5.41) is 7.47. The Bertz CT molecular complexity index is 2120. The van der Waals surface area contributed by atoms with Gasteiger partial charge in [0.25, 0.3) is 0 Å². The minimum atomic E-state index is -0.0561. The highest BCUT2D eigenvalue weighted by Crippen LogP contribution is 2.52. The molecule has 0 amide bonds. The van der Waals surface area contributed by atoms with E-state index >= 15 is 0 Å². The molecule has 1 unspecified atom stereocenters. The number of allylic oxidation sites excluding steroid dienone is 3. The highest BCUT2D eigenvalue weighted by atomic mass is 14.9. The van der Waals surface area contributed by atoms with Crippen LogP contribution in [-0.4, -0.2) is 0 Å². The minimum Gasteiger partial charge on any atom is -0.355 e. The Hall–Kier alpha value is -5.60. The molecule has 2 heteroatoms. The van der Waals surface area contributed by atoms with Gasteiger partial charge in [-0.25, -0.2) is 0 Å². The van der Waals surface area contributed by atoms with Gasteiger partial charge in [0.05, 0.1) is 0 Å². The summed E-state index contributed by atoms with van der Waals surface area (Å²) >= 11 is 0. The molecule has 0 saturated heterocycles. The number of nitrogens with one attached hydrogen (secondary N) is 2. The molecule has 8 rings (SSSR count). The standard InChI is InChI=1S/C45H38N2/c1-45(2)40-23-13-12-21-37(40)44-36(22-14-24-41(44)45)39-30-33(26-28-43(39)47-35-19-10-5-11-20-35)32-25-27-42(46-34-17-8-4-9-18-34)38(29-32)31-15-6-3-7-16-31/h3-25,27-30,33,46-47H,26H2,1-2H3. The first-order valence-electron chi connectivity index (χ1n) is 16.6. The summed E-state index contributed by atoms with van der Waals surface area (Å²) in [5.41, 5.74) is 16.1. The number of anilines is 3. The van der Waals surface area contributed by atoms with Crippen molar-refractivity contribution < 1.29 is 0 Å². The first-order valence-corrected chi connectivity index (χ1v) is 16.6. The van der Waals surface area contributed by atoms with Crippen molar-refractivity contribution in [2.45, 2.75) is 31.6 Å². The number of hydrogen-bond donors (Lipinski definition) is 2. The summed E-state index contributed by atoms with van der Waals surface area (Å²) in [6.07, 6.45) is 5.81. The molecule has 0 radical (unpaired) electrons. The fraction of sp³-hybridized carbons (Fsp3) is 0.111. The molecular formula is C45H38N2. The van der Waals surface area contributed by atoms with Crippen LogP contribution in [0.15, 0.2) is 170 Å². The third kappa shape index (κ3) is 5.36. The summed E-state index contributed by atoms with van der Waals surface area (Å²) in [4.78, 5) is 0. The predicted molar refractivity (Wildman–Crippen MR) is 199 cm³/mol. The molecule has 0 spiro atoms. The first kappa shape index (κ1) is 28.8. The zero-order valence-corrected chi connectivity index (χ0v) is 26.9. The van der Waals surface area contributed by atoms with Crippen LogP contribution in [-0.2, 0) is 5.41 Å². The summed E-state index contributed by atoms with van der Waals surface area (Å²) in [6.45, 7) is 4.71. The van der Waals surface area contributed by atoms with Crippen LogP contribution >= 0.6 is 0 Å². The monoisotopic (exact) mass is 606 g/mol. The molecule has 228 valence electrons. The van der Waals surface area contributed by atoms with E-state index in [4.69, 9.17) is 0 Å². The average molecular weight is 607 g/mol. The van der Waals surface area contributed by atoms with Crippen molar-refractivity contribution in [3.8, 4) is 22.3 Å². The summed E-state index contributed by atoms with van der Waals surface area (Å²) in [6, 6.07) is 54.4. The van der Waals surface area contributed by atoms with Gasteiger partial charge < -0.3 is 10.6 Å². The van der Waals surface area contributed by atoms with Crippen molar-refractivity contribution in [3.63, 3.8) is 0 Å². The van der Waals surface area contributed by atoms with Crippen molar-refractivity contribution in [2.24, 2.45) is 0 Å². The molecule has 6 aromatic carbocycles. The van der Waals surface area contributed by atoms with E-state index in [1.165, 1.54) is 50.1 Å². The molecule has 2 aliphatic carbocycles. The Kier molecular flexibility index (Phi) is 7.34. The highest BCUT2D eigenvalue weighted by molar-refractivity contribution is 5.96. The van der Waals surface area contributed by atoms with Gasteiger partial charge in [0.1, 0.15) is 0 Å². The molecule has 6 aromatic rings. The molecular weight excluding hydrogens is 569 g/mol. The zero-order chi connectivity index (χ0) is 31.8. The molecule has 0 saturated carbocycles. The third-order valence-corrected chi connectivity index (χ3v) is 9.79. The first-order chi connectivity index (χ1) is 23.1. The molecule has 0 aliphatic heterocycles. The number of benzene rings is 6. The largest absolute Gasteiger partial charge is 0.355 e. The van der Waals surface area contributed by atoms with Gasteiger partial charge in [-0.05, 0) is 81.8 Å². The number of hydrogen-bond acceptors (Lipinski definition) is 2. The van der Waals surface area contributed by atoms with Gasteiger partial charge in [-0.1, -0.05) is 141 Å². The molecule has 0 heterocycles. The van der Waals surface area contributed by atoms with Crippen LogP contribution in [0.5, 0.6) is 0 Å². The number of fused-ring (bicyclic) bond motifs is 3. The second kappa shape index (κ2) is 12.0. The summed E-state index contributed by atoms with van der Waals surface area (Å²) in [7, 11) is 0. The highest BCUT2D eigenvalue weighted by Gasteiger charge is 2.37. The van der Waals surface area contributed by atoms with E-state index in [-0.39, 0.29) is 11.3 Å². The van der Waals surface area contributed by atoms with Gasteiger partial charge in [0, 0.05) is 45.2 Å². The van der Waals surface area contributed by atoms with Crippen molar-refractivity contribution >= 4 is 22.6 Å². The molecule has 0 bridgehead atoms. The predicted octanol–water partition coefficient (Wildman–Crippen LogP) is 12.0. The van der Waals surface area contributed by atoms with Crippen molar-refractivity contribution in [1.82, 2.24) is 0 Å². The van der Waals surface area contributed by atoms with Gasteiger partial charge in [0.15, 0.2) is 0 Å². The fourth-order valence-electron chi connectivity index (χ4n) is 7.39. The van der Waals surface area contributed by atoms with Crippen LogP contribution in [0.25, 0.3) is 27.8 Å².